The molecular weight excluding hydrogens is 454 g/mol. The van der Waals surface area contributed by atoms with Crippen molar-refractivity contribution in [1.82, 2.24) is 10.2 Å². The van der Waals surface area contributed by atoms with Crippen LogP contribution in [0, 0.1) is 0 Å². The molecule has 29 heavy (non-hydrogen) atoms. The molecule has 0 spiro atoms. The average molecular weight is 480 g/mol. The summed E-state index contributed by atoms with van der Waals surface area (Å²) in [7, 11) is -3.58. The quantitative estimate of drug-likeness (QED) is 0.631. The number of nitrogens with one attached hydrogen (secondary N) is 1. The minimum absolute atomic E-state index is 0.262. The average Bonchev–Trinajstić information content (AvgIpc) is 3.18. The van der Waals surface area contributed by atoms with Gasteiger partial charge in [-0.2, -0.15) is 0 Å². The first kappa shape index (κ1) is 21.8. The van der Waals surface area contributed by atoms with Crippen molar-refractivity contribution in [3.63, 3.8) is 0 Å². The summed E-state index contributed by atoms with van der Waals surface area (Å²) in [4.78, 5) is 14.8. The molecule has 3 rings (SSSR count). The molecule has 0 unspecified atom stereocenters. The highest BCUT2D eigenvalue weighted by atomic mass is 79.9. The maximum atomic E-state index is 12.4. The topological polar surface area (TPSA) is 69.7 Å². The lowest BCUT2D eigenvalue weighted by Crippen LogP contribution is -2.40. The second-order valence-electron chi connectivity index (χ2n) is 7.33. The van der Waals surface area contributed by atoms with Gasteiger partial charge in [-0.3, -0.25) is 14.0 Å². The van der Waals surface area contributed by atoms with Crippen LogP contribution in [0.5, 0.6) is 0 Å². The lowest BCUT2D eigenvalue weighted by Gasteiger charge is -2.22. The van der Waals surface area contributed by atoms with Gasteiger partial charge in [-0.25, -0.2) is 8.42 Å². The molecule has 0 bridgehead atoms. The highest BCUT2D eigenvalue weighted by Crippen LogP contribution is 2.22. The lowest BCUT2D eigenvalue weighted by molar-refractivity contribution is -0.119. The smallest absolute Gasteiger partial charge is 0.241 e. The van der Waals surface area contributed by atoms with Crippen molar-refractivity contribution in [3.8, 4) is 0 Å². The zero-order valence-electron chi connectivity index (χ0n) is 16.5. The number of anilines is 1. The molecule has 1 N–H and O–H groups in total. The normalized spacial score (nSPS) is 14.7. The maximum absolute atomic E-state index is 12.4. The van der Waals surface area contributed by atoms with Crippen molar-refractivity contribution >= 4 is 37.5 Å². The van der Waals surface area contributed by atoms with Gasteiger partial charge in [0.25, 0.3) is 0 Å². The van der Waals surface area contributed by atoms with E-state index in [1.54, 1.807) is 24.3 Å². The van der Waals surface area contributed by atoms with Gasteiger partial charge >= 0.3 is 0 Å². The number of likely N-dealkylation sites (tertiary alicyclic amines) is 1. The van der Waals surface area contributed by atoms with Gasteiger partial charge < -0.3 is 5.32 Å². The number of hydrogen-bond acceptors (Lipinski definition) is 4. The van der Waals surface area contributed by atoms with Crippen LogP contribution in [-0.2, 0) is 27.9 Å². The first-order valence-electron chi connectivity index (χ1n) is 9.61. The summed E-state index contributed by atoms with van der Waals surface area (Å²) in [6.07, 6.45) is 3.64. The Morgan fingerprint density at radius 1 is 1.10 bits per heavy atom. The van der Waals surface area contributed by atoms with Crippen LogP contribution >= 0.6 is 15.9 Å². The van der Waals surface area contributed by atoms with Crippen molar-refractivity contribution in [1.29, 1.82) is 0 Å². The van der Waals surface area contributed by atoms with E-state index in [-0.39, 0.29) is 12.5 Å². The summed E-state index contributed by atoms with van der Waals surface area (Å²) in [5.74, 6) is -0.350. The predicted molar refractivity (Wildman–Crippen MR) is 119 cm³/mol. The Hall–Kier alpha value is -1.90. The van der Waals surface area contributed by atoms with Crippen LogP contribution in [-0.4, -0.2) is 45.1 Å². The van der Waals surface area contributed by atoms with Crippen molar-refractivity contribution in [2.75, 3.05) is 30.2 Å². The Kier molecular flexibility index (Phi) is 7.32. The number of amides is 1. The Bertz CT molecular complexity index is 942. The molecule has 1 fully saturated rings. The Morgan fingerprint density at radius 3 is 2.38 bits per heavy atom. The first-order valence-corrected chi connectivity index (χ1v) is 12.3. The second-order valence-corrected chi connectivity index (χ2v) is 10.1. The second kappa shape index (κ2) is 9.73. The molecule has 6 nitrogen and oxygen atoms in total. The van der Waals surface area contributed by atoms with E-state index in [4.69, 9.17) is 0 Å². The molecule has 8 heteroatoms. The van der Waals surface area contributed by atoms with Gasteiger partial charge in [0.05, 0.1) is 11.9 Å². The Morgan fingerprint density at radius 2 is 1.76 bits per heavy atom. The summed E-state index contributed by atoms with van der Waals surface area (Å²) in [6, 6.07) is 15.1. The van der Waals surface area contributed by atoms with E-state index in [2.05, 4.69) is 38.3 Å². The van der Waals surface area contributed by atoms with Gasteiger partial charge in [0.15, 0.2) is 0 Å². The minimum Gasteiger partial charge on any atom is -0.350 e. The van der Waals surface area contributed by atoms with E-state index in [1.165, 1.54) is 18.4 Å². The maximum Gasteiger partial charge on any atom is 0.241 e. The fourth-order valence-corrected chi connectivity index (χ4v) is 4.62. The molecule has 1 saturated heterocycles. The third-order valence-electron chi connectivity index (χ3n) is 4.90. The summed E-state index contributed by atoms with van der Waals surface area (Å²) in [5.41, 5.74) is 2.69. The third kappa shape index (κ3) is 6.55. The van der Waals surface area contributed by atoms with Gasteiger partial charge in [0.1, 0.15) is 6.54 Å². The van der Waals surface area contributed by atoms with Crippen LogP contribution in [0.15, 0.2) is 53.0 Å². The number of nitrogens with zero attached hydrogens (tertiary/aromatic N) is 2. The number of benzene rings is 2. The molecule has 1 aliphatic heterocycles. The van der Waals surface area contributed by atoms with E-state index in [1.807, 2.05) is 12.1 Å². The van der Waals surface area contributed by atoms with Crippen LogP contribution in [0.1, 0.15) is 24.0 Å². The van der Waals surface area contributed by atoms with Gasteiger partial charge in [0, 0.05) is 17.6 Å². The summed E-state index contributed by atoms with van der Waals surface area (Å²) >= 11 is 3.33. The molecule has 0 aliphatic carbocycles. The standard InChI is InChI=1S/C21H26BrN3O3S/c1-29(27,28)25(20-6-4-5-19(22)13-20)16-21(26)23-14-17-7-9-18(10-8-17)15-24-11-2-3-12-24/h4-10,13H,2-3,11-12,14-16H2,1H3,(H,23,26). The van der Waals surface area contributed by atoms with E-state index in [9.17, 15) is 13.2 Å². The Balaban J connectivity index is 1.56. The molecule has 2 aromatic carbocycles. The van der Waals surface area contributed by atoms with E-state index in [0.717, 1.165) is 40.2 Å². The van der Waals surface area contributed by atoms with Gasteiger partial charge in [-0.05, 0) is 55.3 Å². The van der Waals surface area contributed by atoms with E-state index >= 15 is 0 Å². The van der Waals surface area contributed by atoms with Crippen LogP contribution in [0.2, 0.25) is 0 Å². The number of sulfonamides is 1. The van der Waals surface area contributed by atoms with Crippen molar-refractivity contribution in [3.05, 3.63) is 64.1 Å². The summed E-state index contributed by atoms with van der Waals surface area (Å²) in [5, 5.41) is 2.81. The third-order valence-corrected chi connectivity index (χ3v) is 6.54. The molecule has 0 aromatic heterocycles. The molecule has 1 heterocycles. The number of carbonyl (C=O) groups is 1. The van der Waals surface area contributed by atoms with Crippen LogP contribution in [0.3, 0.4) is 0 Å². The molecule has 0 saturated carbocycles. The van der Waals surface area contributed by atoms with Crippen molar-refractivity contribution < 1.29 is 13.2 Å². The highest BCUT2D eigenvalue weighted by molar-refractivity contribution is 9.10. The zero-order valence-corrected chi connectivity index (χ0v) is 18.9. The monoisotopic (exact) mass is 479 g/mol. The van der Waals surface area contributed by atoms with Crippen LogP contribution in [0.4, 0.5) is 5.69 Å². The lowest BCUT2D eigenvalue weighted by atomic mass is 10.1. The number of rotatable bonds is 8. The Labute approximate surface area is 181 Å². The van der Waals surface area contributed by atoms with Crippen molar-refractivity contribution in [2.24, 2.45) is 0 Å². The van der Waals surface area contributed by atoms with E-state index in [0.29, 0.717) is 12.2 Å². The van der Waals surface area contributed by atoms with Crippen molar-refractivity contribution in [2.45, 2.75) is 25.9 Å². The number of halogens is 1. The molecule has 156 valence electrons. The molecule has 0 radical (unpaired) electrons. The van der Waals surface area contributed by atoms with Crippen LogP contribution in [0.25, 0.3) is 0 Å². The highest BCUT2D eigenvalue weighted by Gasteiger charge is 2.21. The summed E-state index contributed by atoms with van der Waals surface area (Å²) in [6.45, 7) is 3.38. The van der Waals surface area contributed by atoms with Gasteiger partial charge in [0.2, 0.25) is 15.9 Å². The fourth-order valence-electron chi connectivity index (χ4n) is 3.38. The molecule has 1 amide bonds. The molecular formula is C21H26BrN3O3S. The minimum atomic E-state index is -3.58. The summed E-state index contributed by atoms with van der Waals surface area (Å²) < 4.78 is 26.2. The van der Waals surface area contributed by atoms with Gasteiger partial charge in [-0.15, -0.1) is 0 Å². The molecule has 2 aromatic rings. The number of carbonyl (C=O) groups excluding carboxylic acids is 1. The zero-order chi connectivity index (χ0) is 20.9. The predicted octanol–water partition coefficient (Wildman–Crippen LogP) is 3.13. The fraction of sp³-hybridized carbons (Fsp3) is 0.381. The number of hydrogen-bond donors (Lipinski definition) is 1. The van der Waals surface area contributed by atoms with Gasteiger partial charge in [-0.1, -0.05) is 46.3 Å². The van der Waals surface area contributed by atoms with Crippen LogP contribution < -0.4 is 9.62 Å². The first-order chi connectivity index (χ1) is 13.8. The van der Waals surface area contributed by atoms with E-state index < -0.39 is 10.0 Å². The largest absolute Gasteiger partial charge is 0.350 e. The molecule has 0 atom stereocenters. The molecule has 1 aliphatic rings. The SMILES string of the molecule is CS(=O)(=O)N(CC(=O)NCc1ccc(CN2CCCC2)cc1)c1cccc(Br)c1.